The smallest absolute Gasteiger partial charge is 0.277 e. The molecule has 0 amide bonds. The van der Waals surface area contributed by atoms with Crippen molar-refractivity contribution in [2.24, 2.45) is 0 Å². The molecular formula is C13H14N2O3S. The zero-order valence-electron chi connectivity index (χ0n) is 10.9. The van der Waals surface area contributed by atoms with Crippen LogP contribution in [0, 0.1) is 6.92 Å². The fourth-order valence-electron chi connectivity index (χ4n) is 1.52. The average molecular weight is 278 g/mol. The number of thioether (sulfide) groups is 1. The van der Waals surface area contributed by atoms with Crippen molar-refractivity contribution in [3.05, 3.63) is 35.7 Å². The first-order valence-electron chi connectivity index (χ1n) is 5.75. The molecule has 5 nitrogen and oxygen atoms in total. The molecular weight excluding hydrogens is 264 g/mol. The quantitative estimate of drug-likeness (QED) is 0.619. The van der Waals surface area contributed by atoms with Gasteiger partial charge in [0.25, 0.3) is 5.22 Å². The molecule has 19 heavy (non-hydrogen) atoms. The fraction of sp³-hybridized carbons (Fsp3) is 0.308. The molecule has 0 saturated heterocycles. The van der Waals surface area contributed by atoms with Gasteiger partial charge < -0.3 is 9.15 Å². The van der Waals surface area contributed by atoms with E-state index in [1.807, 2.05) is 6.92 Å². The van der Waals surface area contributed by atoms with Crippen LogP contribution in [0.15, 0.2) is 33.9 Å². The molecule has 0 bridgehead atoms. The van der Waals surface area contributed by atoms with E-state index in [2.05, 4.69) is 10.2 Å². The highest BCUT2D eigenvalue weighted by atomic mass is 32.2. The van der Waals surface area contributed by atoms with Crippen molar-refractivity contribution in [3.63, 3.8) is 0 Å². The number of hydrogen-bond donors (Lipinski definition) is 0. The number of ether oxygens (including phenoxy) is 1. The SMILES string of the molecule is COc1ccc(C(=O)C(C)Sc2nnc(C)o2)cc1. The number of carbonyl (C=O) groups excluding carboxylic acids is 1. The first-order chi connectivity index (χ1) is 9.10. The first-order valence-corrected chi connectivity index (χ1v) is 6.63. The van der Waals surface area contributed by atoms with Crippen molar-refractivity contribution in [1.82, 2.24) is 10.2 Å². The molecule has 2 aromatic rings. The van der Waals surface area contributed by atoms with E-state index < -0.39 is 0 Å². The molecule has 1 unspecified atom stereocenters. The van der Waals surface area contributed by atoms with Crippen LogP contribution in [-0.4, -0.2) is 28.3 Å². The highest BCUT2D eigenvalue weighted by Crippen LogP contribution is 2.25. The summed E-state index contributed by atoms with van der Waals surface area (Å²) < 4.78 is 10.3. The zero-order valence-corrected chi connectivity index (χ0v) is 11.7. The van der Waals surface area contributed by atoms with Crippen LogP contribution >= 0.6 is 11.8 Å². The van der Waals surface area contributed by atoms with Crippen LogP contribution < -0.4 is 4.74 Å². The lowest BCUT2D eigenvalue weighted by Gasteiger charge is -2.08. The molecule has 0 radical (unpaired) electrons. The minimum Gasteiger partial charge on any atom is -0.497 e. The van der Waals surface area contributed by atoms with Gasteiger partial charge in [-0.3, -0.25) is 4.79 Å². The highest BCUT2D eigenvalue weighted by molar-refractivity contribution is 8.00. The van der Waals surface area contributed by atoms with Crippen LogP contribution in [0.4, 0.5) is 0 Å². The van der Waals surface area contributed by atoms with Crippen molar-refractivity contribution < 1.29 is 13.9 Å². The van der Waals surface area contributed by atoms with E-state index in [0.29, 0.717) is 16.7 Å². The van der Waals surface area contributed by atoms with E-state index in [-0.39, 0.29) is 11.0 Å². The van der Waals surface area contributed by atoms with Gasteiger partial charge in [-0.25, -0.2) is 0 Å². The molecule has 0 spiro atoms. The van der Waals surface area contributed by atoms with Crippen LogP contribution in [0.2, 0.25) is 0 Å². The number of hydrogen-bond acceptors (Lipinski definition) is 6. The lowest BCUT2D eigenvalue weighted by molar-refractivity contribution is 0.0993. The second kappa shape index (κ2) is 5.88. The van der Waals surface area contributed by atoms with Gasteiger partial charge in [0.1, 0.15) is 5.75 Å². The monoisotopic (exact) mass is 278 g/mol. The second-order valence-corrected chi connectivity index (χ2v) is 5.23. The van der Waals surface area contributed by atoms with Gasteiger partial charge in [0.05, 0.1) is 12.4 Å². The Bertz CT molecular complexity index is 566. The summed E-state index contributed by atoms with van der Waals surface area (Å²) in [5.41, 5.74) is 0.636. The van der Waals surface area contributed by atoms with E-state index in [1.54, 1.807) is 38.3 Å². The van der Waals surface area contributed by atoms with Crippen LogP contribution in [0.5, 0.6) is 5.75 Å². The summed E-state index contributed by atoms with van der Waals surface area (Å²) in [5, 5.41) is 7.72. The maximum Gasteiger partial charge on any atom is 0.277 e. The van der Waals surface area contributed by atoms with Gasteiger partial charge in [0.2, 0.25) is 5.89 Å². The Kier molecular flexibility index (Phi) is 4.21. The number of Topliss-reactive ketones (excluding diaryl/α,β-unsaturated/α-hetero) is 1. The minimum absolute atomic E-state index is 0.0171. The van der Waals surface area contributed by atoms with Crippen molar-refractivity contribution >= 4 is 17.5 Å². The third-order valence-corrected chi connectivity index (χ3v) is 3.46. The number of benzene rings is 1. The Morgan fingerprint density at radius 3 is 2.53 bits per heavy atom. The van der Waals surface area contributed by atoms with Crippen LogP contribution in [0.25, 0.3) is 0 Å². The second-order valence-electron chi connectivity index (χ2n) is 3.94. The van der Waals surface area contributed by atoms with Crippen molar-refractivity contribution in [2.45, 2.75) is 24.3 Å². The molecule has 0 aliphatic heterocycles. The molecule has 1 atom stereocenters. The van der Waals surface area contributed by atoms with E-state index in [4.69, 9.17) is 9.15 Å². The third-order valence-electron chi connectivity index (χ3n) is 2.53. The number of ketones is 1. The van der Waals surface area contributed by atoms with E-state index >= 15 is 0 Å². The summed E-state index contributed by atoms with van der Waals surface area (Å²) in [6, 6.07) is 7.03. The predicted molar refractivity (Wildman–Crippen MR) is 71.7 cm³/mol. The Morgan fingerprint density at radius 1 is 1.32 bits per heavy atom. The van der Waals surface area contributed by atoms with Gasteiger partial charge in [-0.05, 0) is 31.2 Å². The molecule has 1 heterocycles. The first kappa shape index (κ1) is 13.6. The van der Waals surface area contributed by atoms with E-state index in [0.717, 1.165) is 5.75 Å². The molecule has 0 N–H and O–H groups in total. The van der Waals surface area contributed by atoms with Crippen LogP contribution in [0.3, 0.4) is 0 Å². The number of aromatic nitrogens is 2. The molecule has 6 heteroatoms. The van der Waals surface area contributed by atoms with Crippen molar-refractivity contribution in [1.29, 1.82) is 0 Å². The highest BCUT2D eigenvalue weighted by Gasteiger charge is 2.19. The van der Waals surface area contributed by atoms with Gasteiger partial charge in [0, 0.05) is 12.5 Å². The molecule has 100 valence electrons. The average Bonchev–Trinajstić information content (AvgIpc) is 2.83. The van der Waals surface area contributed by atoms with Crippen molar-refractivity contribution in [3.8, 4) is 5.75 Å². The van der Waals surface area contributed by atoms with Gasteiger partial charge in [-0.15, -0.1) is 10.2 Å². The number of carbonyl (C=O) groups is 1. The molecule has 0 aliphatic rings. The number of aryl methyl sites for hydroxylation is 1. The number of nitrogens with zero attached hydrogens (tertiary/aromatic N) is 2. The third kappa shape index (κ3) is 3.35. The molecule has 1 aromatic heterocycles. The van der Waals surface area contributed by atoms with Gasteiger partial charge in [-0.1, -0.05) is 11.8 Å². The molecule has 1 aromatic carbocycles. The minimum atomic E-state index is -0.284. The van der Waals surface area contributed by atoms with Gasteiger partial charge in [-0.2, -0.15) is 0 Å². The van der Waals surface area contributed by atoms with Crippen LogP contribution in [-0.2, 0) is 0 Å². The molecule has 0 fully saturated rings. The van der Waals surface area contributed by atoms with Gasteiger partial charge in [0.15, 0.2) is 5.78 Å². The van der Waals surface area contributed by atoms with E-state index in [9.17, 15) is 4.79 Å². The van der Waals surface area contributed by atoms with Gasteiger partial charge >= 0.3 is 0 Å². The van der Waals surface area contributed by atoms with Crippen molar-refractivity contribution in [2.75, 3.05) is 7.11 Å². The molecule has 0 aliphatic carbocycles. The lowest BCUT2D eigenvalue weighted by atomic mass is 10.1. The molecule has 0 saturated carbocycles. The topological polar surface area (TPSA) is 65.2 Å². The summed E-state index contributed by atoms with van der Waals surface area (Å²) in [7, 11) is 1.59. The number of rotatable bonds is 5. The summed E-state index contributed by atoms with van der Waals surface area (Å²) in [6.07, 6.45) is 0. The Hall–Kier alpha value is -1.82. The summed E-state index contributed by atoms with van der Waals surface area (Å²) in [6.45, 7) is 3.53. The summed E-state index contributed by atoms with van der Waals surface area (Å²) >= 11 is 1.26. The standard InChI is InChI=1S/C13H14N2O3S/c1-8(19-13-15-14-9(2)18-13)12(16)10-4-6-11(17-3)7-5-10/h4-8H,1-3H3. The largest absolute Gasteiger partial charge is 0.497 e. The zero-order chi connectivity index (χ0) is 13.8. The maximum atomic E-state index is 12.2. The lowest BCUT2D eigenvalue weighted by Crippen LogP contribution is -2.13. The normalized spacial score (nSPS) is 12.2. The molecule has 2 rings (SSSR count). The predicted octanol–water partition coefficient (Wildman–Crippen LogP) is 2.75. The van der Waals surface area contributed by atoms with E-state index in [1.165, 1.54) is 11.8 Å². The fourth-order valence-corrected chi connectivity index (χ4v) is 2.32. The summed E-state index contributed by atoms with van der Waals surface area (Å²) in [5.74, 6) is 1.24. The Morgan fingerprint density at radius 2 is 2.00 bits per heavy atom. The Labute approximate surface area is 115 Å². The maximum absolute atomic E-state index is 12.2. The Balaban J connectivity index is 2.05. The summed E-state index contributed by atoms with van der Waals surface area (Å²) in [4.78, 5) is 12.2. The van der Waals surface area contributed by atoms with Crippen LogP contribution in [0.1, 0.15) is 23.2 Å². The number of methoxy groups -OCH3 is 1.